The zero-order valence-corrected chi connectivity index (χ0v) is 21.7. The van der Waals surface area contributed by atoms with Crippen LogP contribution in [0.25, 0.3) is 22.3 Å². The van der Waals surface area contributed by atoms with Gasteiger partial charge in [0.25, 0.3) is 0 Å². The van der Waals surface area contributed by atoms with Crippen molar-refractivity contribution in [2.45, 2.75) is 32.2 Å². The van der Waals surface area contributed by atoms with Crippen molar-refractivity contribution in [1.82, 2.24) is 19.7 Å². The number of nitrogens with zero attached hydrogens (tertiary/aromatic N) is 5. The number of ether oxygens (including phenoxy) is 2. The number of methoxy groups -OCH3 is 1. The van der Waals surface area contributed by atoms with Gasteiger partial charge in [0, 0.05) is 48.5 Å². The third kappa shape index (κ3) is 5.19. The highest BCUT2D eigenvalue weighted by Crippen LogP contribution is 2.32. The molecule has 38 heavy (non-hydrogen) atoms. The van der Waals surface area contributed by atoms with Crippen molar-refractivity contribution >= 4 is 34.1 Å². The molecule has 3 heterocycles. The summed E-state index contributed by atoms with van der Waals surface area (Å²) in [5.41, 5.74) is 5.72. The fraction of sp³-hybridized carbons (Fsp3) is 0.379. The first-order valence-corrected chi connectivity index (χ1v) is 13.3. The summed E-state index contributed by atoms with van der Waals surface area (Å²) in [4.78, 5) is 11.9. The minimum Gasteiger partial charge on any atom is -0.497 e. The van der Waals surface area contributed by atoms with Crippen molar-refractivity contribution in [3.05, 3.63) is 54.7 Å². The van der Waals surface area contributed by atoms with E-state index in [2.05, 4.69) is 39.5 Å². The summed E-state index contributed by atoms with van der Waals surface area (Å²) < 4.78 is 12.8. The first-order chi connectivity index (χ1) is 18.7. The Morgan fingerprint density at radius 2 is 1.76 bits per heavy atom. The van der Waals surface area contributed by atoms with E-state index >= 15 is 0 Å². The Labute approximate surface area is 222 Å². The van der Waals surface area contributed by atoms with Crippen LogP contribution >= 0.6 is 0 Å². The average molecular weight is 512 g/mol. The Hall–Kier alpha value is -3.98. The second-order valence-corrected chi connectivity index (χ2v) is 10.0. The second kappa shape index (κ2) is 10.8. The van der Waals surface area contributed by atoms with Gasteiger partial charge >= 0.3 is 0 Å². The Bertz CT molecular complexity index is 1400. The number of rotatable bonds is 7. The van der Waals surface area contributed by atoms with Gasteiger partial charge in [0.1, 0.15) is 11.4 Å². The lowest BCUT2D eigenvalue weighted by Crippen LogP contribution is -2.36. The molecule has 2 aliphatic rings. The summed E-state index contributed by atoms with van der Waals surface area (Å²) in [5.74, 6) is 1.81. The lowest BCUT2D eigenvalue weighted by atomic mass is 9.88. The standard InChI is InChI=1S/C29H33N7O2/c1-37-25-12-8-23(9-13-25)32-29-31-18-26-27(21-4-10-24(11-5-21)35-14-16-38-17-15-35)34-36(28(26)33-29)19-20-2-6-22(30)7-3-20/h4-5,8-13,18,20,30H,2-3,6-7,14-17,19H2,1H3,(H,31,32,33). The number of fused-ring (bicyclic) bond motifs is 1. The van der Waals surface area contributed by atoms with Crippen molar-refractivity contribution in [3.63, 3.8) is 0 Å². The molecule has 0 atom stereocenters. The molecular formula is C29H33N7O2. The molecule has 9 nitrogen and oxygen atoms in total. The zero-order chi connectivity index (χ0) is 25.9. The number of nitrogens with one attached hydrogen (secondary N) is 2. The maximum atomic E-state index is 7.99. The molecule has 4 aromatic rings. The molecule has 0 bridgehead atoms. The van der Waals surface area contributed by atoms with Crippen molar-refractivity contribution in [3.8, 4) is 17.0 Å². The quantitative estimate of drug-likeness (QED) is 0.348. The Morgan fingerprint density at radius 1 is 1.03 bits per heavy atom. The largest absolute Gasteiger partial charge is 0.497 e. The molecule has 6 rings (SSSR count). The third-order valence-corrected chi connectivity index (χ3v) is 7.49. The molecule has 0 unspecified atom stereocenters. The molecule has 1 aliphatic heterocycles. The molecule has 1 saturated carbocycles. The summed E-state index contributed by atoms with van der Waals surface area (Å²) in [7, 11) is 1.66. The van der Waals surface area contributed by atoms with Crippen molar-refractivity contribution < 1.29 is 9.47 Å². The van der Waals surface area contributed by atoms with Crippen LogP contribution in [0.3, 0.4) is 0 Å². The van der Waals surface area contributed by atoms with Gasteiger partial charge < -0.3 is 25.1 Å². The van der Waals surface area contributed by atoms with Crippen LogP contribution in [0.5, 0.6) is 5.75 Å². The Balaban J connectivity index is 1.32. The van der Waals surface area contributed by atoms with Gasteiger partial charge in [-0.25, -0.2) is 9.67 Å². The molecule has 2 N–H and O–H groups in total. The van der Waals surface area contributed by atoms with Gasteiger partial charge in [-0.2, -0.15) is 10.1 Å². The molecule has 2 fully saturated rings. The normalized spacial score (nSPS) is 18.1. The second-order valence-electron chi connectivity index (χ2n) is 10.0. The highest BCUT2D eigenvalue weighted by molar-refractivity contribution is 5.91. The Morgan fingerprint density at radius 3 is 2.47 bits per heavy atom. The van der Waals surface area contributed by atoms with Crippen LogP contribution in [0.1, 0.15) is 25.7 Å². The van der Waals surface area contributed by atoms with E-state index in [-0.39, 0.29) is 0 Å². The van der Waals surface area contributed by atoms with Gasteiger partial charge in [0.05, 0.1) is 25.7 Å². The van der Waals surface area contributed by atoms with Crippen molar-refractivity contribution in [2.75, 3.05) is 43.6 Å². The number of anilines is 3. The fourth-order valence-corrected chi connectivity index (χ4v) is 5.27. The highest BCUT2D eigenvalue weighted by Gasteiger charge is 2.22. The van der Waals surface area contributed by atoms with Crippen LogP contribution in [-0.2, 0) is 11.3 Å². The van der Waals surface area contributed by atoms with Crippen molar-refractivity contribution in [2.24, 2.45) is 5.92 Å². The zero-order valence-electron chi connectivity index (χ0n) is 21.7. The fourth-order valence-electron chi connectivity index (χ4n) is 5.27. The van der Waals surface area contributed by atoms with Gasteiger partial charge in [0.2, 0.25) is 5.95 Å². The molecular weight excluding hydrogens is 478 g/mol. The highest BCUT2D eigenvalue weighted by atomic mass is 16.5. The SMILES string of the molecule is COc1ccc(Nc2ncc3c(-c4ccc(N5CCOCC5)cc4)nn(CC4CCC(=N)CC4)c3n2)cc1. The topological polar surface area (TPSA) is 101 Å². The van der Waals surface area contributed by atoms with Crippen LogP contribution in [-0.4, -0.2) is 58.9 Å². The predicted molar refractivity (Wildman–Crippen MR) is 150 cm³/mol. The first kappa shape index (κ1) is 24.4. The smallest absolute Gasteiger partial charge is 0.229 e. The van der Waals surface area contributed by atoms with Crippen LogP contribution in [0.2, 0.25) is 0 Å². The minimum atomic E-state index is 0.483. The van der Waals surface area contributed by atoms with E-state index in [9.17, 15) is 0 Å². The predicted octanol–water partition coefficient (Wildman–Crippen LogP) is 5.29. The Kier molecular flexibility index (Phi) is 6.92. The van der Waals surface area contributed by atoms with E-state index in [0.717, 1.165) is 98.0 Å². The lowest BCUT2D eigenvalue weighted by Gasteiger charge is -2.28. The molecule has 0 amide bonds. The van der Waals surface area contributed by atoms with Crippen molar-refractivity contribution in [1.29, 1.82) is 5.41 Å². The third-order valence-electron chi connectivity index (χ3n) is 7.49. The first-order valence-electron chi connectivity index (χ1n) is 13.3. The number of benzene rings is 2. The van der Waals surface area contributed by atoms with Crippen LogP contribution in [0.15, 0.2) is 54.7 Å². The number of aromatic nitrogens is 4. The van der Waals surface area contributed by atoms with Crippen LogP contribution < -0.4 is 15.0 Å². The number of morpholine rings is 1. The van der Waals surface area contributed by atoms with Gasteiger partial charge in [-0.3, -0.25) is 0 Å². The van der Waals surface area contributed by atoms with E-state index in [1.807, 2.05) is 35.1 Å². The summed E-state index contributed by atoms with van der Waals surface area (Å²) in [6.07, 6.45) is 5.66. The minimum absolute atomic E-state index is 0.483. The molecule has 1 aliphatic carbocycles. The number of hydrogen-bond acceptors (Lipinski definition) is 8. The summed E-state index contributed by atoms with van der Waals surface area (Å²) in [6.45, 7) is 4.14. The molecule has 2 aromatic carbocycles. The van der Waals surface area contributed by atoms with Crippen LogP contribution in [0.4, 0.5) is 17.3 Å². The van der Waals surface area contributed by atoms with E-state index in [1.165, 1.54) is 5.69 Å². The maximum Gasteiger partial charge on any atom is 0.229 e. The molecule has 2 aromatic heterocycles. The average Bonchev–Trinajstić information content (AvgIpc) is 3.32. The molecule has 1 saturated heterocycles. The molecule has 0 spiro atoms. The van der Waals surface area contributed by atoms with Gasteiger partial charge in [-0.05, 0) is 68.0 Å². The summed E-state index contributed by atoms with van der Waals surface area (Å²) in [6, 6.07) is 16.3. The summed E-state index contributed by atoms with van der Waals surface area (Å²) >= 11 is 0. The van der Waals surface area contributed by atoms with E-state index in [1.54, 1.807) is 7.11 Å². The van der Waals surface area contributed by atoms with Gasteiger partial charge in [-0.15, -0.1) is 0 Å². The van der Waals surface area contributed by atoms with Gasteiger partial charge in [-0.1, -0.05) is 12.1 Å². The van der Waals surface area contributed by atoms with Gasteiger partial charge in [0.15, 0.2) is 5.65 Å². The monoisotopic (exact) mass is 511 g/mol. The molecule has 9 heteroatoms. The molecule has 0 radical (unpaired) electrons. The summed E-state index contributed by atoms with van der Waals surface area (Å²) in [5, 5.41) is 17.3. The van der Waals surface area contributed by atoms with E-state index in [4.69, 9.17) is 25.0 Å². The van der Waals surface area contributed by atoms with E-state index in [0.29, 0.717) is 11.9 Å². The molecule has 196 valence electrons. The van der Waals surface area contributed by atoms with E-state index < -0.39 is 0 Å². The van der Waals surface area contributed by atoms with Crippen LogP contribution in [0, 0.1) is 11.3 Å². The lowest BCUT2D eigenvalue weighted by molar-refractivity contribution is 0.122. The maximum absolute atomic E-state index is 7.99. The number of hydrogen-bond donors (Lipinski definition) is 2.